The molecule has 0 unspecified atom stereocenters. The van der Waals surface area contributed by atoms with E-state index in [-0.39, 0.29) is 11.5 Å². The van der Waals surface area contributed by atoms with Crippen molar-refractivity contribution in [2.45, 2.75) is 6.92 Å². The third-order valence-corrected chi connectivity index (χ3v) is 4.62. The summed E-state index contributed by atoms with van der Waals surface area (Å²) in [7, 11) is 0. The van der Waals surface area contributed by atoms with Gasteiger partial charge in [-0.3, -0.25) is 9.20 Å². The second-order valence-corrected chi connectivity index (χ2v) is 6.27. The van der Waals surface area contributed by atoms with E-state index in [9.17, 15) is 13.6 Å². The van der Waals surface area contributed by atoms with Crippen LogP contribution in [0.3, 0.4) is 0 Å². The normalized spacial score (nSPS) is 14.9. The highest BCUT2D eigenvalue weighted by Gasteiger charge is 2.25. The van der Waals surface area contributed by atoms with Gasteiger partial charge in [-0.05, 0) is 37.3 Å². The van der Waals surface area contributed by atoms with Crippen LogP contribution in [0.4, 0.5) is 14.7 Å². The first-order valence-corrected chi connectivity index (χ1v) is 8.34. The molecule has 1 aliphatic heterocycles. The fourth-order valence-electron chi connectivity index (χ4n) is 3.21. The summed E-state index contributed by atoms with van der Waals surface area (Å²) in [6, 6.07) is 9.04. The number of pyridine rings is 1. The Bertz CT molecular complexity index is 979. The van der Waals surface area contributed by atoms with Gasteiger partial charge in [-0.25, -0.2) is 8.78 Å². The molecule has 0 N–H and O–H groups in total. The number of aromatic nitrogens is 3. The SMILES string of the molecule is Cc1cccc2nnc(N3CCN(C(=O)c4ccc(F)c(F)c4)CC3)n12. The van der Waals surface area contributed by atoms with Crippen LogP contribution in [0.25, 0.3) is 5.65 Å². The Labute approximate surface area is 148 Å². The summed E-state index contributed by atoms with van der Waals surface area (Å²) in [5.74, 6) is -1.52. The summed E-state index contributed by atoms with van der Waals surface area (Å²) in [4.78, 5) is 16.2. The average Bonchev–Trinajstić information content (AvgIpc) is 3.09. The first-order valence-electron chi connectivity index (χ1n) is 8.34. The van der Waals surface area contributed by atoms with Crippen LogP contribution in [0.1, 0.15) is 16.1 Å². The van der Waals surface area contributed by atoms with Crippen molar-refractivity contribution in [1.29, 1.82) is 0 Å². The van der Waals surface area contributed by atoms with E-state index in [4.69, 9.17) is 0 Å². The Morgan fingerprint density at radius 3 is 2.50 bits per heavy atom. The zero-order valence-corrected chi connectivity index (χ0v) is 14.2. The Balaban J connectivity index is 1.50. The van der Waals surface area contributed by atoms with Gasteiger partial charge in [-0.1, -0.05) is 6.07 Å². The lowest BCUT2D eigenvalue weighted by molar-refractivity contribution is 0.0745. The molecule has 6 nitrogen and oxygen atoms in total. The molecule has 0 spiro atoms. The van der Waals surface area contributed by atoms with Crippen LogP contribution in [0.5, 0.6) is 0 Å². The minimum Gasteiger partial charge on any atom is -0.337 e. The molecule has 8 heteroatoms. The average molecular weight is 357 g/mol. The molecule has 26 heavy (non-hydrogen) atoms. The fraction of sp³-hybridized carbons (Fsp3) is 0.278. The number of amides is 1. The number of halogens is 2. The monoisotopic (exact) mass is 357 g/mol. The topological polar surface area (TPSA) is 53.7 Å². The van der Waals surface area contributed by atoms with E-state index in [1.54, 1.807) is 4.90 Å². The highest BCUT2D eigenvalue weighted by molar-refractivity contribution is 5.94. The standard InChI is InChI=1S/C18H17F2N5O/c1-12-3-2-4-16-21-22-18(25(12)16)24-9-7-23(8-10-24)17(26)13-5-6-14(19)15(20)11-13/h2-6,11H,7-10H2,1H3. The van der Waals surface area contributed by atoms with E-state index in [0.717, 1.165) is 29.4 Å². The minimum absolute atomic E-state index is 0.154. The van der Waals surface area contributed by atoms with Crippen LogP contribution in [0, 0.1) is 18.6 Å². The second kappa shape index (κ2) is 6.36. The zero-order valence-electron chi connectivity index (χ0n) is 14.2. The van der Waals surface area contributed by atoms with Gasteiger partial charge in [-0.2, -0.15) is 0 Å². The lowest BCUT2D eigenvalue weighted by atomic mass is 10.1. The third kappa shape index (κ3) is 2.77. The maximum atomic E-state index is 13.4. The van der Waals surface area contributed by atoms with E-state index >= 15 is 0 Å². The molecule has 1 fully saturated rings. The number of aryl methyl sites for hydroxylation is 1. The van der Waals surface area contributed by atoms with E-state index in [1.807, 2.05) is 29.5 Å². The van der Waals surface area contributed by atoms with Crippen molar-refractivity contribution < 1.29 is 13.6 Å². The van der Waals surface area contributed by atoms with E-state index < -0.39 is 11.6 Å². The molecule has 1 saturated heterocycles. The summed E-state index contributed by atoms with van der Waals surface area (Å²) in [6.07, 6.45) is 0. The molecule has 3 heterocycles. The van der Waals surface area contributed by atoms with Crippen LogP contribution >= 0.6 is 0 Å². The molecule has 1 amide bonds. The number of rotatable bonds is 2. The second-order valence-electron chi connectivity index (χ2n) is 6.27. The van der Waals surface area contributed by atoms with Crippen molar-refractivity contribution in [2.75, 3.05) is 31.1 Å². The molecule has 2 aromatic heterocycles. The molecule has 1 aliphatic rings. The van der Waals surface area contributed by atoms with Crippen LogP contribution in [0.2, 0.25) is 0 Å². The van der Waals surface area contributed by atoms with E-state index in [0.29, 0.717) is 26.2 Å². The van der Waals surface area contributed by atoms with Crippen LogP contribution in [-0.4, -0.2) is 51.6 Å². The smallest absolute Gasteiger partial charge is 0.254 e. The summed E-state index contributed by atoms with van der Waals surface area (Å²) >= 11 is 0. The number of benzene rings is 1. The Morgan fingerprint density at radius 2 is 1.77 bits per heavy atom. The van der Waals surface area contributed by atoms with Crippen molar-refractivity contribution in [1.82, 2.24) is 19.5 Å². The number of hydrogen-bond donors (Lipinski definition) is 0. The number of nitrogens with zero attached hydrogens (tertiary/aromatic N) is 5. The molecule has 0 atom stereocenters. The fourth-order valence-corrected chi connectivity index (χ4v) is 3.21. The summed E-state index contributed by atoms with van der Waals surface area (Å²) < 4.78 is 28.4. The van der Waals surface area contributed by atoms with Crippen LogP contribution in [0.15, 0.2) is 36.4 Å². The van der Waals surface area contributed by atoms with Crippen molar-refractivity contribution >= 4 is 17.5 Å². The van der Waals surface area contributed by atoms with Gasteiger partial charge in [0.05, 0.1) is 0 Å². The first kappa shape index (κ1) is 16.4. The molecular weight excluding hydrogens is 340 g/mol. The Morgan fingerprint density at radius 1 is 1.00 bits per heavy atom. The summed E-state index contributed by atoms with van der Waals surface area (Å²) in [6.45, 7) is 4.11. The van der Waals surface area contributed by atoms with Gasteiger partial charge in [0.2, 0.25) is 5.95 Å². The quantitative estimate of drug-likeness (QED) is 0.706. The first-order chi connectivity index (χ1) is 12.5. The predicted molar refractivity (Wildman–Crippen MR) is 92.2 cm³/mol. The molecule has 1 aromatic carbocycles. The number of anilines is 1. The molecule has 0 bridgehead atoms. The molecule has 4 rings (SSSR count). The molecular formula is C18H17F2N5O. The van der Waals surface area contributed by atoms with Crippen molar-refractivity contribution in [3.8, 4) is 0 Å². The zero-order chi connectivity index (χ0) is 18.3. The third-order valence-electron chi connectivity index (χ3n) is 4.62. The lowest BCUT2D eigenvalue weighted by Crippen LogP contribution is -2.49. The number of carbonyl (C=O) groups is 1. The number of hydrogen-bond acceptors (Lipinski definition) is 4. The molecule has 0 aliphatic carbocycles. The summed E-state index contributed by atoms with van der Waals surface area (Å²) in [5.41, 5.74) is 1.96. The summed E-state index contributed by atoms with van der Waals surface area (Å²) in [5, 5.41) is 8.46. The Kier molecular flexibility index (Phi) is 4.02. The molecule has 3 aromatic rings. The van der Waals surface area contributed by atoms with Crippen molar-refractivity contribution in [3.63, 3.8) is 0 Å². The van der Waals surface area contributed by atoms with Crippen molar-refractivity contribution in [2.24, 2.45) is 0 Å². The van der Waals surface area contributed by atoms with Crippen LogP contribution < -0.4 is 4.90 Å². The highest BCUT2D eigenvalue weighted by atomic mass is 19.2. The van der Waals surface area contributed by atoms with Crippen LogP contribution in [-0.2, 0) is 0 Å². The number of carbonyl (C=O) groups excluding carboxylic acids is 1. The van der Waals surface area contributed by atoms with Gasteiger partial charge < -0.3 is 9.80 Å². The largest absolute Gasteiger partial charge is 0.337 e. The van der Waals surface area contributed by atoms with Gasteiger partial charge in [0.25, 0.3) is 5.91 Å². The van der Waals surface area contributed by atoms with Gasteiger partial charge in [-0.15, -0.1) is 10.2 Å². The molecule has 134 valence electrons. The molecule has 0 radical (unpaired) electrons. The maximum absolute atomic E-state index is 13.4. The minimum atomic E-state index is -1.01. The van der Waals surface area contributed by atoms with Crippen molar-refractivity contribution in [3.05, 3.63) is 59.3 Å². The number of fused-ring (bicyclic) bond motifs is 1. The van der Waals surface area contributed by atoms with E-state index in [1.165, 1.54) is 6.07 Å². The number of piperazine rings is 1. The van der Waals surface area contributed by atoms with Gasteiger partial charge in [0.1, 0.15) is 0 Å². The highest BCUT2D eigenvalue weighted by Crippen LogP contribution is 2.19. The lowest BCUT2D eigenvalue weighted by Gasteiger charge is -2.34. The van der Waals surface area contributed by atoms with Gasteiger partial charge >= 0.3 is 0 Å². The van der Waals surface area contributed by atoms with Gasteiger partial charge in [0, 0.05) is 37.4 Å². The van der Waals surface area contributed by atoms with Gasteiger partial charge in [0.15, 0.2) is 17.3 Å². The predicted octanol–water partition coefficient (Wildman–Crippen LogP) is 2.28. The van der Waals surface area contributed by atoms with E-state index in [2.05, 4.69) is 15.1 Å². The Hall–Kier alpha value is -3.03. The maximum Gasteiger partial charge on any atom is 0.254 e. The molecule has 0 saturated carbocycles.